The van der Waals surface area contributed by atoms with Crippen molar-refractivity contribution < 1.29 is 13.2 Å². The van der Waals surface area contributed by atoms with Crippen LogP contribution in [-0.4, -0.2) is 38.5 Å². The van der Waals surface area contributed by atoms with Crippen LogP contribution in [0.4, 0.5) is 0 Å². The zero-order valence-corrected chi connectivity index (χ0v) is 12.6. The van der Waals surface area contributed by atoms with E-state index in [-0.39, 0.29) is 6.10 Å². The number of nitrogens with two attached hydrogens (primary N) is 1. The van der Waals surface area contributed by atoms with E-state index in [2.05, 4.69) is 0 Å². The average molecular weight is 298 g/mol. The predicted molar refractivity (Wildman–Crippen MR) is 78.5 cm³/mol. The first-order chi connectivity index (χ1) is 9.45. The first-order valence-electron chi connectivity index (χ1n) is 6.90. The molecule has 1 atom stereocenters. The molecular formula is C14H22N2O3S. The van der Waals surface area contributed by atoms with Gasteiger partial charge in [-0.1, -0.05) is 29.8 Å². The zero-order chi connectivity index (χ0) is 14.6. The molecule has 2 rings (SSSR count). The SMILES string of the molecule is Cc1ccc(CCN(CC2CCCO2)S(N)(=O)=O)cc1. The van der Waals surface area contributed by atoms with Crippen molar-refractivity contribution in [3.8, 4) is 0 Å². The van der Waals surface area contributed by atoms with Gasteiger partial charge in [0.2, 0.25) is 0 Å². The third-order valence-electron chi connectivity index (χ3n) is 3.56. The third kappa shape index (κ3) is 4.56. The Bertz CT molecular complexity index is 522. The highest BCUT2D eigenvalue weighted by molar-refractivity contribution is 7.86. The van der Waals surface area contributed by atoms with Crippen molar-refractivity contribution in [3.05, 3.63) is 35.4 Å². The van der Waals surface area contributed by atoms with Crippen LogP contribution in [0.3, 0.4) is 0 Å². The largest absolute Gasteiger partial charge is 0.377 e. The molecule has 1 aromatic rings. The smallest absolute Gasteiger partial charge is 0.276 e. The van der Waals surface area contributed by atoms with E-state index in [1.165, 1.54) is 9.87 Å². The molecule has 0 amide bonds. The lowest BCUT2D eigenvalue weighted by Gasteiger charge is -2.22. The van der Waals surface area contributed by atoms with Gasteiger partial charge in [-0.15, -0.1) is 0 Å². The molecule has 0 radical (unpaired) electrons. The fraction of sp³-hybridized carbons (Fsp3) is 0.571. The first kappa shape index (κ1) is 15.4. The fourth-order valence-electron chi connectivity index (χ4n) is 2.35. The Morgan fingerprint density at radius 2 is 2.05 bits per heavy atom. The molecule has 1 aliphatic rings. The summed E-state index contributed by atoms with van der Waals surface area (Å²) in [4.78, 5) is 0. The molecule has 5 nitrogen and oxygen atoms in total. The van der Waals surface area contributed by atoms with E-state index >= 15 is 0 Å². The molecule has 0 bridgehead atoms. The van der Waals surface area contributed by atoms with E-state index < -0.39 is 10.2 Å². The van der Waals surface area contributed by atoms with Crippen molar-refractivity contribution in [2.75, 3.05) is 19.7 Å². The van der Waals surface area contributed by atoms with Crippen LogP contribution in [0.15, 0.2) is 24.3 Å². The van der Waals surface area contributed by atoms with Crippen molar-refractivity contribution in [2.45, 2.75) is 32.3 Å². The molecule has 1 heterocycles. The molecule has 6 heteroatoms. The van der Waals surface area contributed by atoms with Gasteiger partial charge in [0.15, 0.2) is 0 Å². The fourth-order valence-corrected chi connectivity index (χ4v) is 3.07. The molecular weight excluding hydrogens is 276 g/mol. The topological polar surface area (TPSA) is 72.6 Å². The summed E-state index contributed by atoms with van der Waals surface area (Å²) in [5.41, 5.74) is 2.30. The average Bonchev–Trinajstić information content (AvgIpc) is 2.88. The molecule has 0 spiro atoms. The summed E-state index contributed by atoms with van der Waals surface area (Å²) in [6.07, 6.45) is 2.52. The predicted octanol–water partition coefficient (Wildman–Crippen LogP) is 1.22. The van der Waals surface area contributed by atoms with Gasteiger partial charge < -0.3 is 4.74 Å². The van der Waals surface area contributed by atoms with Gasteiger partial charge in [0.25, 0.3) is 10.2 Å². The molecule has 1 fully saturated rings. The van der Waals surface area contributed by atoms with E-state index in [9.17, 15) is 8.42 Å². The van der Waals surface area contributed by atoms with Gasteiger partial charge in [-0.05, 0) is 31.7 Å². The van der Waals surface area contributed by atoms with E-state index in [1.807, 2.05) is 31.2 Å². The highest BCUT2D eigenvalue weighted by atomic mass is 32.2. The van der Waals surface area contributed by atoms with Gasteiger partial charge in [-0.3, -0.25) is 0 Å². The number of nitrogens with zero attached hydrogens (tertiary/aromatic N) is 1. The van der Waals surface area contributed by atoms with Crippen LogP contribution in [0.25, 0.3) is 0 Å². The minimum absolute atomic E-state index is 0.0219. The summed E-state index contributed by atoms with van der Waals surface area (Å²) < 4.78 is 30.1. The minimum atomic E-state index is -3.68. The van der Waals surface area contributed by atoms with Gasteiger partial charge in [0, 0.05) is 19.7 Å². The number of ether oxygens (including phenoxy) is 1. The lowest BCUT2D eigenvalue weighted by atomic mass is 10.1. The number of hydrogen-bond acceptors (Lipinski definition) is 3. The quantitative estimate of drug-likeness (QED) is 0.858. The molecule has 1 aliphatic heterocycles. The molecule has 0 saturated carbocycles. The summed E-state index contributed by atoms with van der Waals surface area (Å²) in [7, 11) is -3.68. The molecule has 1 saturated heterocycles. The Balaban J connectivity index is 1.95. The summed E-state index contributed by atoms with van der Waals surface area (Å²) >= 11 is 0. The second-order valence-corrected chi connectivity index (χ2v) is 6.82. The summed E-state index contributed by atoms with van der Waals surface area (Å²) in [6.45, 7) is 3.48. The molecule has 20 heavy (non-hydrogen) atoms. The van der Waals surface area contributed by atoms with Crippen LogP contribution in [0, 0.1) is 6.92 Å². The van der Waals surface area contributed by atoms with Crippen LogP contribution < -0.4 is 5.14 Å². The normalized spacial score (nSPS) is 19.6. The third-order valence-corrected chi connectivity index (χ3v) is 4.61. The van der Waals surface area contributed by atoms with Crippen molar-refractivity contribution >= 4 is 10.2 Å². The lowest BCUT2D eigenvalue weighted by molar-refractivity contribution is 0.0939. The Morgan fingerprint density at radius 3 is 2.60 bits per heavy atom. The van der Waals surface area contributed by atoms with E-state index in [1.54, 1.807) is 0 Å². The molecule has 0 aliphatic carbocycles. The molecule has 112 valence electrons. The second-order valence-electron chi connectivity index (χ2n) is 5.27. The number of hydrogen-bond donors (Lipinski definition) is 1. The molecule has 2 N–H and O–H groups in total. The van der Waals surface area contributed by atoms with Crippen molar-refractivity contribution in [3.63, 3.8) is 0 Å². The highest BCUT2D eigenvalue weighted by Gasteiger charge is 2.24. The van der Waals surface area contributed by atoms with Crippen molar-refractivity contribution in [1.29, 1.82) is 0 Å². The summed E-state index contributed by atoms with van der Waals surface area (Å²) in [6, 6.07) is 8.08. The lowest BCUT2D eigenvalue weighted by Crippen LogP contribution is -2.42. The maximum Gasteiger partial charge on any atom is 0.276 e. The minimum Gasteiger partial charge on any atom is -0.377 e. The number of benzene rings is 1. The van der Waals surface area contributed by atoms with Gasteiger partial charge in [-0.2, -0.15) is 12.7 Å². The standard InChI is InChI=1S/C14H22N2O3S/c1-12-4-6-13(7-5-12)8-9-16(20(15,17)18)11-14-3-2-10-19-14/h4-7,14H,2-3,8-11H2,1H3,(H2,15,17,18). The number of rotatable bonds is 6. The van der Waals surface area contributed by atoms with Gasteiger partial charge in [0.1, 0.15) is 0 Å². The van der Waals surface area contributed by atoms with Crippen LogP contribution in [0.1, 0.15) is 24.0 Å². The molecule has 1 aromatic carbocycles. The monoisotopic (exact) mass is 298 g/mol. The van der Waals surface area contributed by atoms with Crippen molar-refractivity contribution in [1.82, 2.24) is 4.31 Å². The molecule has 1 unspecified atom stereocenters. The Labute approximate surface area is 120 Å². The summed E-state index contributed by atoms with van der Waals surface area (Å²) in [5.74, 6) is 0. The van der Waals surface area contributed by atoms with Crippen LogP contribution >= 0.6 is 0 Å². The maximum absolute atomic E-state index is 11.6. The second kappa shape index (κ2) is 6.67. The van der Waals surface area contributed by atoms with Gasteiger partial charge >= 0.3 is 0 Å². The van der Waals surface area contributed by atoms with Gasteiger partial charge in [0.05, 0.1) is 6.10 Å². The zero-order valence-electron chi connectivity index (χ0n) is 11.8. The molecule has 0 aromatic heterocycles. The van der Waals surface area contributed by atoms with E-state index in [0.29, 0.717) is 26.1 Å². The number of aryl methyl sites for hydroxylation is 1. The Kier molecular flexibility index (Phi) is 5.15. The summed E-state index contributed by atoms with van der Waals surface area (Å²) in [5, 5.41) is 5.29. The first-order valence-corrected chi connectivity index (χ1v) is 8.40. The van der Waals surface area contributed by atoms with Gasteiger partial charge in [-0.25, -0.2) is 5.14 Å². The highest BCUT2D eigenvalue weighted by Crippen LogP contribution is 2.15. The van der Waals surface area contributed by atoms with Crippen LogP contribution in [-0.2, 0) is 21.4 Å². The maximum atomic E-state index is 11.6. The van der Waals surface area contributed by atoms with Crippen LogP contribution in [0.2, 0.25) is 0 Å². The van der Waals surface area contributed by atoms with Crippen LogP contribution in [0.5, 0.6) is 0 Å². The Hall–Kier alpha value is -0.950. The van der Waals surface area contributed by atoms with E-state index in [4.69, 9.17) is 9.88 Å². The van der Waals surface area contributed by atoms with E-state index in [0.717, 1.165) is 18.4 Å². The Morgan fingerprint density at radius 1 is 1.35 bits per heavy atom. The van der Waals surface area contributed by atoms with Crippen molar-refractivity contribution in [2.24, 2.45) is 5.14 Å².